The van der Waals surface area contributed by atoms with Crippen LogP contribution in [0.3, 0.4) is 0 Å². The van der Waals surface area contributed by atoms with Crippen LogP contribution < -0.4 is 10.6 Å². The van der Waals surface area contributed by atoms with Crippen LogP contribution in [0.1, 0.15) is 35.4 Å². The van der Waals surface area contributed by atoms with Gasteiger partial charge in [-0.1, -0.05) is 42.5 Å². The molecule has 2 N–H and O–H groups in total. The molecule has 1 fully saturated rings. The van der Waals surface area contributed by atoms with Gasteiger partial charge in [0, 0.05) is 17.6 Å². The quantitative estimate of drug-likeness (QED) is 0.900. The molecule has 2 aromatic carbocycles. The average Bonchev–Trinajstić information content (AvgIpc) is 2.76. The molecule has 2 nitrogen and oxygen atoms in total. The maximum absolute atomic E-state index is 3.77. The first-order valence-corrected chi connectivity index (χ1v) is 8.55. The minimum Gasteiger partial charge on any atom is -0.381 e. The van der Waals surface area contributed by atoms with Gasteiger partial charge in [-0.15, -0.1) is 0 Å². The third-order valence-corrected chi connectivity index (χ3v) is 5.18. The van der Waals surface area contributed by atoms with E-state index in [2.05, 4.69) is 59.2 Å². The SMILES string of the molecule is c1ccc(CCc2cccc3c2[C@@H]2CCNCC[C@@H]2N3)cc1. The Kier molecular flexibility index (Phi) is 3.86. The number of nitrogens with one attached hydrogen (secondary N) is 2. The summed E-state index contributed by atoms with van der Waals surface area (Å²) in [7, 11) is 0. The lowest BCUT2D eigenvalue weighted by Gasteiger charge is -2.18. The summed E-state index contributed by atoms with van der Waals surface area (Å²) in [6, 6.07) is 18.3. The van der Waals surface area contributed by atoms with Crippen molar-refractivity contribution in [1.29, 1.82) is 0 Å². The van der Waals surface area contributed by atoms with Crippen LogP contribution in [0.25, 0.3) is 0 Å². The second-order valence-electron chi connectivity index (χ2n) is 6.55. The van der Waals surface area contributed by atoms with Crippen molar-refractivity contribution in [2.45, 2.75) is 37.6 Å². The Balaban J connectivity index is 1.58. The Morgan fingerprint density at radius 1 is 0.864 bits per heavy atom. The molecule has 2 atom stereocenters. The number of aryl methyl sites for hydroxylation is 2. The van der Waals surface area contributed by atoms with Crippen LogP contribution in [-0.4, -0.2) is 19.1 Å². The van der Waals surface area contributed by atoms with E-state index in [0.717, 1.165) is 25.9 Å². The molecule has 2 aliphatic rings. The number of hydrogen-bond acceptors (Lipinski definition) is 2. The van der Waals surface area contributed by atoms with E-state index in [9.17, 15) is 0 Å². The van der Waals surface area contributed by atoms with Gasteiger partial charge in [0.1, 0.15) is 0 Å². The Morgan fingerprint density at radius 3 is 2.64 bits per heavy atom. The third-order valence-electron chi connectivity index (χ3n) is 5.18. The molecule has 114 valence electrons. The maximum atomic E-state index is 3.77. The van der Waals surface area contributed by atoms with Gasteiger partial charge in [0.05, 0.1) is 0 Å². The predicted octanol–water partition coefficient (Wildman–Crippen LogP) is 3.73. The summed E-state index contributed by atoms with van der Waals surface area (Å²) in [5.41, 5.74) is 5.97. The van der Waals surface area contributed by atoms with Crippen molar-refractivity contribution in [3.8, 4) is 0 Å². The lowest BCUT2D eigenvalue weighted by Crippen LogP contribution is -2.21. The second kappa shape index (κ2) is 6.13. The van der Waals surface area contributed by atoms with Gasteiger partial charge in [0.25, 0.3) is 0 Å². The molecule has 1 saturated heterocycles. The topological polar surface area (TPSA) is 24.1 Å². The molecule has 22 heavy (non-hydrogen) atoms. The fourth-order valence-corrected chi connectivity index (χ4v) is 4.08. The molecule has 2 heterocycles. The molecule has 2 aliphatic heterocycles. The van der Waals surface area contributed by atoms with Crippen molar-refractivity contribution in [3.63, 3.8) is 0 Å². The van der Waals surface area contributed by atoms with E-state index in [-0.39, 0.29) is 0 Å². The number of hydrogen-bond donors (Lipinski definition) is 2. The zero-order valence-corrected chi connectivity index (χ0v) is 13.0. The van der Waals surface area contributed by atoms with E-state index < -0.39 is 0 Å². The van der Waals surface area contributed by atoms with Crippen molar-refractivity contribution < 1.29 is 0 Å². The summed E-state index contributed by atoms with van der Waals surface area (Å²) in [4.78, 5) is 0. The first-order valence-electron chi connectivity index (χ1n) is 8.55. The molecule has 0 amide bonds. The molecule has 0 radical (unpaired) electrons. The van der Waals surface area contributed by atoms with Gasteiger partial charge < -0.3 is 10.6 Å². The Hall–Kier alpha value is -1.80. The van der Waals surface area contributed by atoms with Gasteiger partial charge in [-0.2, -0.15) is 0 Å². The molecule has 0 unspecified atom stereocenters. The van der Waals surface area contributed by atoms with E-state index in [1.165, 1.54) is 24.1 Å². The zero-order chi connectivity index (χ0) is 14.8. The lowest BCUT2D eigenvalue weighted by atomic mass is 9.86. The lowest BCUT2D eigenvalue weighted by molar-refractivity contribution is 0.574. The third kappa shape index (κ3) is 2.64. The van der Waals surface area contributed by atoms with Crippen molar-refractivity contribution in [2.24, 2.45) is 0 Å². The van der Waals surface area contributed by atoms with Crippen LogP contribution in [0.5, 0.6) is 0 Å². The molecule has 0 aromatic heterocycles. The van der Waals surface area contributed by atoms with Crippen molar-refractivity contribution >= 4 is 5.69 Å². The van der Waals surface area contributed by atoms with Crippen molar-refractivity contribution in [3.05, 3.63) is 65.2 Å². The van der Waals surface area contributed by atoms with E-state index in [0.29, 0.717) is 12.0 Å². The fourth-order valence-electron chi connectivity index (χ4n) is 4.08. The van der Waals surface area contributed by atoms with Gasteiger partial charge in [-0.25, -0.2) is 0 Å². The summed E-state index contributed by atoms with van der Waals surface area (Å²) in [6.45, 7) is 2.29. The van der Waals surface area contributed by atoms with Crippen LogP contribution in [0.2, 0.25) is 0 Å². The normalized spacial score (nSPS) is 23.3. The zero-order valence-electron chi connectivity index (χ0n) is 13.0. The van der Waals surface area contributed by atoms with Crippen LogP contribution in [-0.2, 0) is 12.8 Å². The highest BCUT2D eigenvalue weighted by molar-refractivity contribution is 5.62. The van der Waals surface area contributed by atoms with Gasteiger partial charge in [-0.05, 0) is 61.5 Å². The van der Waals surface area contributed by atoms with E-state index in [1.807, 2.05) is 0 Å². The smallest absolute Gasteiger partial charge is 0.0381 e. The number of benzene rings is 2. The fraction of sp³-hybridized carbons (Fsp3) is 0.400. The van der Waals surface area contributed by atoms with Crippen LogP contribution in [0.15, 0.2) is 48.5 Å². The Morgan fingerprint density at radius 2 is 1.73 bits per heavy atom. The van der Waals surface area contributed by atoms with Crippen molar-refractivity contribution in [1.82, 2.24) is 5.32 Å². The summed E-state index contributed by atoms with van der Waals surface area (Å²) >= 11 is 0. The molecule has 0 saturated carbocycles. The molecule has 0 bridgehead atoms. The van der Waals surface area contributed by atoms with Crippen LogP contribution >= 0.6 is 0 Å². The highest BCUT2D eigenvalue weighted by atomic mass is 15.0. The minimum absolute atomic E-state index is 0.628. The van der Waals surface area contributed by atoms with Crippen LogP contribution in [0, 0.1) is 0 Å². The van der Waals surface area contributed by atoms with Crippen LogP contribution in [0.4, 0.5) is 5.69 Å². The minimum atomic E-state index is 0.628. The number of rotatable bonds is 3. The second-order valence-corrected chi connectivity index (χ2v) is 6.55. The van der Waals surface area contributed by atoms with E-state index in [4.69, 9.17) is 0 Å². The summed E-state index contributed by atoms with van der Waals surface area (Å²) in [6.07, 6.45) is 4.77. The standard InChI is InChI=1S/C20H24N2/c1-2-5-15(6-3-1)9-10-16-7-4-8-19-20(16)17-11-13-21-14-12-18(17)22-19/h1-8,17-18,21-22H,9-14H2/t17-,18+/m1/s1. The van der Waals surface area contributed by atoms with Gasteiger partial charge in [0.2, 0.25) is 0 Å². The average molecular weight is 292 g/mol. The van der Waals surface area contributed by atoms with Crippen molar-refractivity contribution in [2.75, 3.05) is 18.4 Å². The molecular weight excluding hydrogens is 268 g/mol. The first kappa shape index (κ1) is 13.8. The molecular formula is C20H24N2. The van der Waals surface area contributed by atoms with Gasteiger partial charge >= 0.3 is 0 Å². The molecule has 0 aliphatic carbocycles. The van der Waals surface area contributed by atoms with Gasteiger partial charge in [0.15, 0.2) is 0 Å². The summed E-state index contributed by atoms with van der Waals surface area (Å²) < 4.78 is 0. The molecule has 2 aromatic rings. The highest BCUT2D eigenvalue weighted by Crippen LogP contribution is 2.42. The Bertz CT molecular complexity index is 635. The number of fused-ring (bicyclic) bond motifs is 3. The monoisotopic (exact) mass is 292 g/mol. The largest absolute Gasteiger partial charge is 0.381 e. The maximum Gasteiger partial charge on any atom is 0.0381 e. The molecule has 4 rings (SSSR count). The Labute approximate surface area is 132 Å². The number of anilines is 1. The summed E-state index contributed by atoms with van der Waals surface area (Å²) in [5.74, 6) is 0.692. The van der Waals surface area contributed by atoms with Gasteiger partial charge in [-0.3, -0.25) is 0 Å². The molecule has 2 heteroatoms. The van der Waals surface area contributed by atoms with E-state index >= 15 is 0 Å². The highest BCUT2D eigenvalue weighted by Gasteiger charge is 2.34. The summed E-state index contributed by atoms with van der Waals surface area (Å²) in [5, 5.41) is 7.32. The first-order chi connectivity index (χ1) is 10.9. The van der Waals surface area contributed by atoms with E-state index in [1.54, 1.807) is 11.1 Å². The molecule has 0 spiro atoms. The predicted molar refractivity (Wildman–Crippen MR) is 92.5 cm³/mol.